The third-order valence-electron chi connectivity index (χ3n) is 3.01. The second kappa shape index (κ2) is 7.53. The third-order valence-corrected chi connectivity index (χ3v) is 3.01. The van der Waals surface area contributed by atoms with Gasteiger partial charge in [0.15, 0.2) is 5.69 Å². The highest BCUT2D eigenvalue weighted by atomic mass is 19.1. The molecule has 0 fully saturated rings. The Hall–Kier alpha value is -2.70. The molecule has 0 saturated heterocycles. The molecule has 0 aliphatic carbocycles. The Morgan fingerprint density at radius 2 is 2.00 bits per heavy atom. The number of aromatic nitrogens is 2. The molecule has 7 heteroatoms. The predicted octanol–water partition coefficient (Wildman–Crippen LogP) is 1.91. The van der Waals surface area contributed by atoms with Gasteiger partial charge in [-0.25, -0.2) is 9.07 Å². The van der Waals surface area contributed by atoms with Crippen LogP contribution in [0.2, 0.25) is 0 Å². The molecule has 0 unspecified atom stereocenters. The van der Waals surface area contributed by atoms with Gasteiger partial charge in [0.05, 0.1) is 18.4 Å². The Labute approximate surface area is 132 Å². The zero-order valence-electron chi connectivity index (χ0n) is 13.0. The number of halogens is 1. The Morgan fingerprint density at radius 3 is 2.61 bits per heavy atom. The summed E-state index contributed by atoms with van der Waals surface area (Å²) in [6.07, 6.45) is 0.745. The number of hydrogen-bond acceptors (Lipinski definition) is 4. The first-order chi connectivity index (χ1) is 11.1. The number of amides is 1. The molecule has 122 valence electrons. The lowest BCUT2D eigenvalue weighted by Crippen LogP contribution is -2.32. The molecular weight excluding hydrogens is 301 g/mol. The van der Waals surface area contributed by atoms with Gasteiger partial charge in [-0.2, -0.15) is 5.10 Å². The number of carbonyl (C=O) groups excluding carboxylic acids is 1. The maximum atomic E-state index is 13.1. The highest BCUT2D eigenvalue weighted by molar-refractivity contribution is 5.92. The quantitative estimate of drug-likeness (QED) is 0.883. The number of nitrogens with zero attached hydrogens (tertiary/aromatic N) is 2. The fourth-order valence-electron chi connectivity index (χ4n) is 1.94. The highest BCUT2D eigenvalue weighted by Crippen LogP contribution is 2.16. The SMILES string of the molecule is CCCNC(=O)c1nn(-c2ccc(F)cc2)c(OCC)cc1=O. The van der Waals surface area contributed by atoms with Crippen molar-refractivity contribution in [1.82, 2.24) is 15.1 Å². The largest absolute Gasteiger partial charge is 0.478 e. The Balaban J connectivity index is 2.51. The lowest BCUT2D eigenvalue weighted by Gasteiger charge is -2.13. The lowest BCUT2D eigenvalue weighted by atomic mass is 10.3. The summed E-state index contributed by atoms with van der Waals surface area (Å²) in [5.74, 6) is -0.749. The van der Waals surface area contributed by atoms with Crippen LogP contribution in [0.25, 0.3) is 5.69 Å². The van der Waals surface area contributed by atoms with Crippen molar-refractivity contribution in [3.05, 3.63) is 52.1 Å². The highest BCUT2D eigenvalue weighted by Gasteiger charge is 2.17. The van der Waals surface area contributed by atoms with Gasteiger partial charge < -0.3 is 10.1 Å². The summed E-state index contributed by atoms with van der Waals surface area (Å²) in [7, 11) is 0. The van der Waals surface area contributed by atoms with Crippen LogP contribution in [0.5, 0.6) is 5.88 Å². The normalized spacial score (nSPS) is 10.4. The molecule has 0 spiro atoms. The second-order valence-electron chi connectivity index (χ2n) is 4.77. The fraction of sp³-hybridized carbons (Fsp3) is 0.312. The number of rotatable bonds is 6. The van der Waals surface area contributed by atoms with E-state index in [0.29, 0.717) is 18.8 Å². The molecule has 2 rings (SSSR count). The first-order valence-electron chi connectivity index (χ1n) is 7.38. The van der Waals surface area contributed by atoms with Crippen molar-refractivity contribution >= 4 is 5.91 Å². The van der Waals surface area contributed by atoms with Gasteiger partial charge in [0.2, 0.25) is 11.3 Å². The number of carbonyl (C=O) groups is 1. The van der Waals surface area contributed by atoms with Crippen molar-refractivity contribution in [2.45, 2.75) is 20.3 Å². The Bertz CT molecular complexity index is 741. The first kappa shape index (κ1) is 16.7. The van der Waals surface area contributed by atoms with Crippen LogP contribution in [-0.2, 0) is 0 Å². The molecule has 2 aromatic rings. The van der Waals surface area contributed by atoms with Crippen molar-refractivity contribution in [3.63, 3.8) is 0 Å². The van der Waals surface area contributed by atoms with Crippen LogP contribution in [0, 0.1) is 5.82 Å². The van der Waals surface area contributed by atoms with Crippen LogP contribution in [0.1, 0.15) is 30.8 Å². The zero-order chi connectivity index (χ0) is 16.8. The summed E-state index contributed by atoms with van der Waals surface area (Å²) < 4.78 is 19.8. The summed E-state index contributed by atoms with van der Waals surface area (Å²) in [6, 6.07) is 6.72. The number of ether oxygens (including phenoxy) is 1. The van der Waals surface area contributed by atoms with E-state index in [2.05, 4.69) is 10.4 Å². The van der Waals surface area contributed by atoms with Gasteiger partial charge in [-0.1, -0.05) is 6.92 Å². The van der Waals surface area contributed by atoms with Crippen LogP contribution in [0.15, 0.2) is 35.1 Å². The Morgan fingerprint density at radius 1 is 1.30 bits per heavy atom. The zero-order valence-corrected chi connectivity index (χ0v) is 13.0. The standard InChI is InChI=1S/C16H18FN3O3/c1-3-9-18-16(22)15-13(21)10-14(23-4-2)20(19-15)12-7-5-11(17)6-8-12/h5-8,10H,3-4,9H2,1-2H3,(H,18,22). The maximum Gasteiger partial charge on any atom is 0.275 e. The molecule has 0 bridgehead atoms. The summed E-state index contributed by atoms with van der Waals surface area (Å²) in [6.45, 7) is 4.44. The van der Waals surface area contributed by atoms with Gasteiger partial charge in [-0.15, -0.1) is 0 Å². The van der Waals surface area contributed by atoms with Crippen LogP contribution in [0.4, 0.5) is 4.39 Å². The van der Waals surface area contributed by atoms with Crippen molar-refractivity contribution in [2.75, 3.05) is 13.2 Å². The average Bonchev–Trinajstić information content (AvgIpc) is 2.54. The van der Waals surface area contributed by atoms with Crippen molar-refractivity contribution in [3.8, 4) is 11.6 Å². The number of nitrogens with one attached hydrogen (secondary N) is 1. The van der Waals surface area contributed by atoms with E-state index in [4.69, 9.17) is 4.74 Å². The summed E-state index contributed by atoms with van der Waals surface area (Å²) in [5, 5.41) is 6.70. The minimum absolute atomic E-state index is 0.191. The van der Waals surface area contributed by atoms with Crippen LogP contribution >= 0.6 is 0 Å². The molecule has 1 amide bonds. The van der Waals surface area contributed by atoms with E-state index in [-0.39, 0.29) is 11.6 Å². The molecule has 0 aliphatic rings. The molecule has 0 radical (unpaired) electrons. The van der Waals surface area contributed by atoms with Gasteiger partial charge >= 0.3 is 0 Å². The monoisotopic (exact) mass is 319 g/mol. The van der Waals surface area contributed by atoms with E-state index in [0.717, 1.165) is 6.42 Å². The second-order valence-corrected chi connectivity index (χ2v) is 4.77. The van der Waals surface area contributed by atoms with Gasteiger partial charge in [0.25, 0.3) is 5.91 Å². The van der Waals surface area contributed by atoms with E-state index in [1.807, 2.05) is 6.92 Å². The minimum atomic E-state index is -0.546. The lowest BCUT2D eigenvalue weighted by molar-refractivity contribution is 0.0945. The predicted molar refractivity (Wildman–Crippen MR) is 83.6 cm³/mol. The Kier molecular flexibility index (Phi) is 5.46. The van der Waals surface area contributed by atoms with Crippen molar-refractivity contribution < 1.29 is 13.9 Å². The van der Waals surface area contributed by atoms with Gasteiger partial charge in [-0.05, 0) is 37.6 Å². The first-order valence-corrected chi connectivity index (χ1v) is 7.38. The molecule has 6 nitrogen and oxygen atoms in total. The maximum absolute atomic E-state index is 13.1. The molecule has 1 aromatic carbocycles. The smallest absolute Gasteiger partial charge is 0.275 e. The van der Waals surface area contributed by atoms with E-state index >= 15 is 0 Å². The molecule has 0 aliphatic heterocycles. The minimum Gasteiger partial charge on any atom is -0.478 e. The average molecular weight is 319 g/mol. The van der Waals surface area contributed by atoms with E-state index in [9.17, 15) is 14.0 Å². The molecule has 1 N–H and O–H groups in total. The summed E-state index contributed by atoms with van der Waals surface area (Å²) in [5.41, 5.74) is -0.272. The van der Waals surface area contributed by atoms with Crippen LogP contribution in [-0.4, -0.2) is 28.8 Å². The topological polar surface area (TPSA) is 73.2 Å². The summed E-state index contributed by atoms with van der Waals surface area (Å²) in [4.78, 5) is 24.1. The van der Waals surface area contributed by atoms with Crippen molar-refractivity contribution in [1.29, 1.82) is 0 Å². The van der Waals surface area contributed by atoms with E-state index in [1.54, 1.807) is 6.92 Å². The number of hydrogen-bond donors (Lipinski definition) is 1. The van der Waals surface area contributed by atoms with Gasteiger partial charge in [-0.3, -0.25) is 9.59 Å². The molecule has 23 heavy (non-hydrogen) atoms. The van der Waals surface area contributed by atoms with Crippen LogP contribution < -0.4 is 15.5 Å². The summed E-state index contributed by atoms with van der Waals surface area (Å²) >= 11 is 0. The third kappa shape index (κ3) is 3.94. The van der Waals surface area contributed by atoms with E-state index < -0.39 is 17.2 Å². The molecule has 0 saturated carbocycles. The van der Waals surface area contributed by atoms with Crippen LogP contribution in [0.3, 0.4) is 0 Å². The van der Waals surface area contributed by atoms with Gasteiger partial charge in [0, 0.05) is 6.54 Å². The van der Waals surface area contributed by atoms with Crippen molar-refractivity contribution in [2.24, 2.45) is 0 Å². The molecular formula is C16H18FN3O3. The van der Waals surface area contributed by atoms with Gasteiger partial charge in [0.1, 0.15) is 5.82 Å². The molecule has 1 heterocycles. The number of benzene rings is 1. The molecule has 0 atom stereocenters. The molecule has 1 aromatic heterocycles. The fourth-order valence-corrected chi connectivity index (χ4v) is 1.94. The van der Waals surface area contributed by atoms with E-state index in [1.165, 1.54) is 35.0 Å².